The van der Waals surface area contributed by atoms with E-state index in [-0.39, 0.29) is 5.97 Å². The van der Waals surface area contributed by atoms with Gasteiger partial charge in [0, 0.05) is 5.02 Å². The molecule has 0 radical (unpaired) electrons. The largest absolute Gasteiger partial charge is 0.456 e. The van der Waals surface area contributed by atoms with E-state index in [1.165, 1.54) is 5.56 Å². The number of fused-ring (bicyclic) bond motifs is 1. The van der Waals surface area contributed by atoms with Crippen LogP contribution < -0.4 is 0 Å². The Bertz CT molecular complexity index is 498. The van der Waals surface area contributed by atoms with Gasteiger partial charge in [0.1, 0.15) is 5.60 Å². The highest BCUT2D eigenvalue weighted by Gasteiger charge is 2.27. The van der Waals surface area contributed by atoms with Crippen LogP contribution in [-0.4, -0.2) is 11.6 Å². The molecule has 0 saturated carbocycles. The van der Waals surface area contributed by atoms with Gasteiger partial charge in [-0.05, 0) is 69.7 Å². The molecule has 0 heterocycles. The van der Waals surface area contributed by atoms with Crippen LogP contribution >= 0.6 is 11.6 Å². The predicted molar refractivity (Wildman–Crippen MR) is 73.4 cm³/mol. The summed E-state index contributed by atoms with van der Waals surface area (Å²) >= 11 is 6.21. The Balaban J connectivity index is 2.47. The van der Waals surface area contributed by atoms with Gasteiger partial charge in [0.05, 0.1) is 5.56 Å². The molecule has 1 aliphatic rings. The maximum absolute atomic E-state index is 12.3. The highest BCUT2D eigenvalue weighted by atomic mass is 35.5. The number of carbonyl (C=O) groups excluding carboxylic acids is 1. The zero-order chi connectivity index (χ0) is 13.5. The van der Waals surface area contributed by atoms with Crippen LogP contribution in [0.3, 0.4) is 0 Å². The Labute approximate surface area is 113 Å². The van der Waals surface area contributed by atoms with Gasteiger partial charge >= 0.3 is 5.97 Å². The Morgan fingerprint density at radius 3 is 2.61 bits per heavy atom. The van der Waals surface area contributed by atoms with E-state index in [0.717, 1.165) is 30.4 Å². The highest BCUT2D eigenvalue weighted by molar-refractivity contribution is 6.32. The second-order valence-corrected chi connectivity index (χ2v) is 6.26. The molecule has 0 N–H and O–H groups in total. The number of benzene rings is 1. The van der Waals surface area contributed by atoms with Crippen LogP contribution in [0.4, 0.5) is 0 Å². The fourth-order valence-corrected chi connectivity index (χ4v) is 2.65. The second kappa shape index (κ2) is 4.58. The first-order valence-electron chi connectivity index (χ1n) is 6.34. The van der Waals surface area contributed by atoms with Gasteiger partial charge < -0.3 is 4.74 Å². The number of rotatable bonds is 1. The molecule has 98 valence electrons. The monoisotopic (exact) mass is 266 g/mol. The van der Waals surface area contributed by atoms with Crippen molar-refractivity contribution in [2.75, 3.05) is 0 Å². The van der Waals surface area contributed by atoms with Gasteiger partial charge in [-0.2, -0.15) is 0 Å². The first-order chi connectivity index (χ1) is 8.29. The van der Waals surface area contributed by atoms with Crippen molar-refractivity contribution in [2.45, 2.75) is 52.6 Å². The van der Waals surface area contributed by atoms with Crippen molar-refractivity contribution in [1.29, 1.82) is 0 Å². The molecule has 18 heavy (non-hydrogen) atoms. The minimum absolute atomic E-state index is 0.249. The number of aryl methyl sites for hydroxylation is 1. The van der Waals surface area contributed by atoms with Crippen LogP contribution in [0.2, 0.25) is 5.02 Å². The highest BCUT2D eigenvalue weighted by Crippen LogP contribution is 2.33. The van der Waals surface area contributed by atoms with Gasteiger partial charge in [-0.3, -0.25) is 0 Å². The Hall–Kier alpha value is -1.02. The molecule has 0 atom stereocenters. The van der Waals surface area contributed by atoms with Gasteiger partial charge in [0.2, 0.25) is 0 Å². The van der Waals surface area contributed by atoms with E-state index in [9.17, 15) is 4.79 Å². The van der Waals surface area contributed by atoms with Crippen molar-refractivity contribution in [1.82, 2.24) is 0 Å². The summed E-state index contributed by atoms with van der Waals surface area (Å²) in [6.45, 7) is 7.53. The minimum atomic E-state index is -0.475. The van der Waals surface area contributed by atoms with E-state index in [1.807, 2.05) is 33.8 Å². The van der Waals surface area contributed by atoms with E-state index < -0.39 is 5.60 Å². The molecular weight excluding hydrogens is 248 g/mol. The van der Waals surface area contributed by atoms with Crippen LogP contribution in [-0.2, 0) is 17.6 Å². The molecular formula is C15H19ClO2. The number of ether oxygens (including phenoxy) is 1. The van der Waals surface area contributed by atoms with Crippen LogP contribution in [0.15, 0.2) is 6.07 Å². The van der Waals surface area contributed by atoms with Gasteiger partial charge in [-0.1, -0.05) is 11.6 Å². The summed E-state index contributed by atoms with van der Waals surface area (Å²) in [7, 11) is 0. The number of halogens is 1. The fraction of sp³-hybridized carbons (Fsp3) is 0.533. The molecule has 0 saturated heterocycles. The molecule has 0 aliphatic heterocycles. The topological polar surface area (TPSA) is 26.3 Å². The summed E-state index contributed by atoms with van der Waals surface area (Å²) in [4.78, 5) is 12.3. The van der Waals surface area contributed by atoms with Gasteiger partial charge in [-0.15, -0.1) is 0 Å². The third-order valence-electron chi connectivity index (χ3n) is 3.20. The maximum Gasteiger partial charge on any atom is 0.339 e. The van der Waals surface area contributed by atoms with Crippen LogP contribution in [0.1, 0.15) is 54.2 Å². The molecule has 0 unspecified atom stereocenters. The average Bonchev–Trinajstić information content (AvgIpc) is 2.63. The van der Waals surface area contributed by atoms with Crippen LogP contribution in [0, 0.1) is 6.92 Å². The van der Waals surface area contributed by atoms with Crippen molar-refractivity contribution >= 4 is 17.6 Å². The summed E-state index contributed by atoms with van der Waals surface area (Å²) in [5.74, 6) is -0.249. The van der Waals surface area contributed by atoms with Crippen molar-refractivity contribution in [3.63, 3.8) is 0 Å². The molecule has 2 rings (SSSR count). The molecule has 0 aromatic heterocycles. The number of hydrogen-bond donors (Lipinski definition) is 0. The number of carbonyl (C=O) groups is 1. The lowest BCUT2D eigenvalue weighted by atomic mass is 9.98. The summed E-state index contributed by atoms with van der Waals surface area (Å²) in [5, 5.41) is 0.663. The molecule has 3 heteroatoms. The standard InChI is InChI=1S/C15H19ClO2/c1-9-12(16)8-10-6-5-7-11(10)13(9)14(17)18-15(2,3)4/h8H,5-7H2,1-4H3. The van der Waals surface area contributed by atoms with E-state index in [1.54, 1.807) is 0 Å². The lowest BCUT2D eigenvalue weighted by Gasteiger charge is -2.22. The maximum atomic E-state index is 12.3. The quantitative estimate of drug-likeness (QED) is 0.716. The SMILES string of the molecule is Cc1c(Cl)cc2c(c1C(=O)OC(C)(C)C)CCC2. The average molecular weight is 267 g/mol. The third-order valence-corrected chi connectivity index (χ3v) is 3.59. The van der Waals surface area contributed by atoms with Crippen molar-refractivity contribution in [3.05, 3.63) is 33.3 Å². The smallest absolute Gasteiger partial charge is 0.339 e. The van der Waals surface area contributed by atoms with E-state index in [4.69, 9.17) is 16.3 Å². The lowest BCUT2D eigenvalue weighted by molar-refractivity contribution is 0.00676. The predicted octanol–water partition coefficient (Wildman–Crippen LogP) is 4.09. The molecule has 2 nitrogen and oxygen atoms in total. The molecule has 0 spiro atoms. The number of esters is 1. The first kappa shape index (κ1) is 13.4. The summed E-state index contributed by atoms with van der Waals surface area (Å²) in [6.07, 6.45) is 3.04. The van der Waals surface area contributed by atoms with Crippen molar-refractivity contribution in [2.24, 2.45) is 0 Å². The van der Waals surface area contributed by atoms with E-state index >= 15 is 0 Å². The minimum Gasteiger partial charge on any atom is -0.456 e. The second-order valence-electron chi connectivity index (χ2n) is 5.85. The molecule has 1 aromatic carbocycles. The fourth-order valence-electron chi connectivity index (χ4n) is 2.42. The van der Waals surface area contributed by atoms with E-state index in [0.29, 0.717) is 10.6 Å². The van der Waals surface area contributed by atoms with Crippen molar-refractivity contribution < 1.29 is 9.53 Å². The Morgan fingerprint density at radius 1 is 1.33 bits per heavy atom. The molecule has 0 amide bonds. The van der Waals surface area contributed by atoms with Gasteiger partial charge in [0.15, 0.2) is 0 Å². The van der Waals surface area contributed by atoms with Gasteiger partial charge in [-0.25, -0.2) is 4.79 Å². The molecule has 0 fully saturated rings. The van der Waals surface area contributed by atoms with Gasteiger partial charge in [0.25, 0.3) is 0 Å². The van der Waals surface area contributed by atoms with Crippen LogP contribution in [0.5, 0.6) is 0 Å². The zero-order valence-corrected chi connectivity index (χ0v) is 12.1. The summed E-state index contributed by atoms with van der Waals surface area (Å²) in [6, 6.07) is 1.99. The lowest BCUT2D eigenvalue weighted by Crippen LogP contribution is -2.25. The molecule has 1 aliphatic carbocycles. The van der Waals surface area contributed by atoms with Crippen molar-refractivity contribution in [3.8, 4) is 0 Å². The zero-order valence-electron chi connectivity index (χ0n) is 11.4. The molecule has 0 bridgehead atoms. The summed E-state index contributed by atoms with van der Waals surface area (Å²) < 4.78 is 5.49. The van der Waals surface area contributed by atoms with Crippen LogP contribution in [0.25, 0.3) is 0 Å². The molecule has 1 aromatic rings. The Morgan fingerprint density at radius 2 is 2.00 bits per heavy atom. The third kappa shape index (κ3) is 2.54. The normalized spacial score (nSPS) is 14.5. The van der Waals surface area contributed by atoms with E-state index in [2.05, 4.69) is 0 Å². The first-order valence-corrected chi connectivity index (χ1v) is 6.71. The Kier molecular flexibility index (Phi) is 3.41. The summed E-state index contributed by atoms with van der Waals surface area (Å²) in [5.41, 5.74) is 3.38. The number of hydrogen-bond acceptors (Lipinski definition) is 2.